The van der Waals surface area contributed by atoms with Crippen LogP contribution in [0.5, 0.6) is 0 Å². The molecule has 0 amide bonds. The Morgan fingerprint density at radius 3 is 2.79 bits per heavy atom. The van der Waals surface area contributed by atoms with E-state index in [1.807, 2.05) is 20.8 Å². The highest BCUT2D eigenvalue weighted by Gasteiger charge is 2.20. The van der Waals surface area contributed by atoms with Gasteiger partial charge in [0.2, 0.25) is 0 Å². The number of nitrogens with one attached hydrogen (secondary N) is 1. The molecule has 0 saturated heterocycles. The maximum Gasteiger partial charge on any atom is 0.342 e. The van der Waals surface area contributed by atoms with Crippen LogP contribution in [0.4, 0.5) is 0 Å². The molecule has 0 radical (unpaired) electrons. The third-order valence-corrected chi connectivity index (χ3v) is 1.54. The smallest absolute Gasteiger partial charge is 0.342 e. The van der Waals surface area contributed by atoms with Crippen molar-refractivity contribution in [2.24, 2.45) is 5.73 Å². The Balaban J connectivity index is 2.80. The monoisotopic (exact) mass is 197 g/mol. The van der Waals surface area contributed by atoms with E-state index in [-0.39, 0.29) is 6.54 Å². The fourth-order valence-corrected chi connectivity index (χ4v) is 0.977. The van der Waals surface area contributed by atoms with E-state index in [0.29, 0.717) is 11.3 Å². The zero-order chi connectivity index (χ0) is 10.8. The standard InChI is InChI=1S/C9H15N3O2/c1-9(2,3)14-8(13)6-5-11-12-7(6)4-10/h5H,4,10H2,1-3H3,(H,11,12). The number of hydrogen-bond donors (Lipinski definition) is 2. The molecule has 14 heavy (non-hydrogen) atoms. The minimum absolute atomic E-state index is 0.245. The molecule has 5 heteroatoms. The quantitative estimate of drug-likeness (QED) is 0.688. The third-order valence-electron chi connectivity index (χ3n) is 1.54. The predicted octanol–water partition coefficient (Wildman–Crippen LogP) is 0.824. The molecule has 0 aliphatic carbocycles. The number of rotatable bonds is 2. The molecule has 78 valence electrons. The minimum Gasteiger partial charge on any atom is -0.456 e. The number of hydrogen-bond acceptors (Lipinski definition) is 4. The summed E-state index contributed by atoms with van der Waals surface area (Å²) in [6, 6.07) is 0. The van der Waals surface area contributed by atoms with Gasteiger partial charge in [-0.1, -0.05) is 0 Å². The van der Waals surface area contributed by atoms with E-state index in [0.717, 1.165) is 0 Å². The van der Waals surface area contributed by atoms with Gasteiger partial charge in [0, 0.05) is 6.54 Å². The fraction of sp³-hybridized carbons (Fsp3) is 0.556. The van der Waals surface area contributed by atoms with E-state index >= 15 is 0 Å². The number of esters is 1. The number of aromatic nitrogens is 2. The highest BCUT2D eigenvalue weighted by molar-refractivity contribution is 5.90. The van der Waals surface area contributed by atoms with Crippen LogP contribution in [0.1, 0.15) is 36.8 Å². The first-order valence-corrected chi connectivity index (χ1v) is 4.39. The van der Waals surface area contributed by atoms with Crippen LogP contribution in [0.15, 0.2) is 6.20 Å². The lowest BCUT2D eigenvalue weighted by atomic mass is 10.2. The maximum atomic E-state index is 11.6. The van der Waals surface area contributed by atoms with E-state index in [2.05, 4.69) is 10.2 Å². The summed E-state index contributed by atoms with van der Waals surface area (Å²) >= 11 is 0. The van der Waals surface area contributed by atoms with Gasteiger partial charge in [0.05, 0.1) is 11.9 Å². The van der Waals surface area contributed by atoms with Crippen molar-refractivity contribution in [2.75, 3.05) is 0 Å². The van der Waals surface area contributed by atoms with Gasteiger partial charge in [-0.3, -0.25) is 5.10 Å². The number of H-pyrrole nitrogens is 1. The van der Waals surface area contributed by atoms with Crippen LogP contribution in [0.2, 0.25) is 0 Å². The van der Waals surface area contributed by atoms with Crippen molar-refractivity contribution in [3.05, 3.63) is 17.5 Å². The van der Waals surface area contributed by atoms with Gasteiger partial charge in [-0.2, -0.15) is 5.10 Å². The Morgan fingerprint density at radius 1 is 1.64 bits per heavy atom. The summed E-state index contributed by atoms with van der Waals surface area (Å²) in [4.78, 5) is 11.6. The lowest BCUT2D eigenvalue weighted by Crippen LogP contribution is -2.24. The van der Waals surface area contributed by atoms with Gasteiger partial charge in [-0.05, 0) is 20.8 Å². The average Bonchev–Trinajstić information content (AvgIpc) is 2.47. The highest BCUT2D eigenvalue weighted by Crippen LogP contribution is 2.13. The molecule has 0 aliphatic rings. The normalized spacial score (nSPS) is 11.4. The van der Waals surface area contributed by atoms with E-state index in [1.165, 1.54) is 6.20 Å². The van der Waals surface area contributed by atoms with Crippen molar-refractivity contribution >= 4 is 5.97 Å². The summed E-state index contributed by atoms with van der Waals surface area (Å²) in [5.74, 6) is -0.397. The molecule has 0 unspecified atom stereocenters. The summed E-state index contributed by atoms with van der Waals surface area (Å²) in [6.07, 6.45) is 1.43. The molecule has 1 rings (SSSR count). The van der Waals surface area contributed by atoms with Gasteiger partial charge >= 0.3 is 5.97 Å². The van der Waals surface area contributed by atoms with Crippen molar-refractivity contribution < 1.29 is 9.53 Å². The second-order valence-electron chi connectivity index (χ2n) is 3.97. The molecular weight excluding hydrogens is 182 g/mol. The van der Waals surface area contributed by atoms with E-state index in [4.69, 9.17) is 10.5 Å². The molecule has 0 bridgehead atoms. The first-order valence-electron chi connectivity index (χ1n) is 4.39. The van der Waals surface area contributed by atoms with E-state index in [9.17, 15) is 4.79 Å². The number of ether oxygens (including phenoxy) is 1. The zero-order valence-electron chi connectivity index (χ0n) is 8.63. The van der Waals surface area contributed by atoms with Crippen molar-refractivity contribution in [3.63, 3.8) is 0 Å². The summed E-state index contributed by atoms with van der Waals surface area (Å²) < 4.78 is 5.17. The maximum absolute atomic E-state index is 11.6. The topological polar surface area (TPSA) is 81.0 Å². The molecule has 0 fully saturated rings. The van der Waals surface area contributed by atoms with Crippen LogP contribution in [0.3, 0.4) is 0 Å². The van der Waals surface area contributed by atoms with Crippen molar-refractivity contribution in [2.45, 2.75) is 32.9 Å². The van der Waals surface area contributed by atoms with Gasteiger partial charge < -0.3 is 10.5 Å². The number of aromatic amines is 1. The van der Waals surface area contributed by atoms with Crippen LogP contribution in [-0.2, 0) is 11.3 Å². The second-order valence-corrected chi connectivity index (χ2v) is 3.97. The molecule has 5 nitrogen and oxygen atoms in total. The zero-order valence-corrected chi connectivity index (χ0v) is 8.63. The van der Waals surface area contributed by atoms with Crippen molar-refractivity contribution in [1.29, 1.82) is 0 Å². The van der Waals surface area contributed by atoms with Crippen LogP contribution in [0.25, 0.3) is 0 Å². The van der Waals surface area contributed by atoms with Crippen LogP contribution < -0.4 is 5.73 Å². The van der Waals surface area contributed by atoms with Gasteiger partial charge in [-0.25, -0.2) is 4.79 Å². The van der Waals surface area contributed by atoms with Crippen LogP contribution >= 0.6 is 0 Å². The summed E-state index contributed by atoms with van der Waals surface area (Å²) in [5.41, 5.74) is 5.92. The number of nitrogens with zero attached hydrogens (tertiary/aromatic N) is 1. The molecule has 0 aliphatic heterocycles. The minimum atomic E-state index is -0.500. The van der Waals surface area contributed by atoms with Crippen LogP contribution in [-0.4, -0.2) is 21.8 Å². The number of nitrogens with two attached hydrogens (primary N) is 1. The molecule has 1 aromatic rings. The van der Waals surface area contributed by atoms with Crippen molar-refractivity contribution in [3.8, 4) is 0 Å². The molecular formula is C9H15N3O2. The third kappa shape index (κ3) is 2.56. The lowest BCUT2D eigenvalue weighted by Gasteiger charge is -2.19. The molecule has 0 saturated carbocycles. The SMILES string of the molecule is CC(C)(C)OC(=O)c1cn[nH]c1CN. The first-order chi connectivity index (χ1) is 6.44. The van der Waals surface area contributed by atoms with Gasteiger partial charge in [0.15, 0.2) is 0 Å². The fourth-order valence-electron chi connectivity index (χ4n) is 0.977. The van der Waals surface area contributed by atoms with Crippen LogP contribution in [0, 0.1) is 0 Å². The van der Waals surface area contributed by atoms with Crippen molar-refractivity contribution in [1.82, 2.24) is 10.2 Å². The Morgan fingerprint density at radius 2 is 2.29 bits per heavy atom. The lowest BCUT2D eigenvalue weighted by molar-refractivity contribution is 0.00684. The van der Waals surface area contributed by atoms with Gasteiger partial charge in [0.1, 0.15) is 11.2 Å². The van der Waals surface area contributed by atoms with Gasteiger partial charge in [-0.15, -0.1) is 0 Å². The molecule has 0 spiro atoms. The largest absolute Gasteiger partial charge is 0.456 e. The Hall–Kier alpha value is -1.36. The Labute approximate surface area is 82.6 Å². The molecule has 1 heterocycles. The van der Waals surface area contributed by atoms with E-state index < -0.39 is 11.6 Å². The predicted molar refractivity (Wildman–Crippen MR) is 51.6 cm³/mol. The molecule has 3 N–H and O–H groups in total. The Kier molecular flexibility index (Phi) is 2.90. The number of carbonyl (C=O) groups is 1. The first kappa shape index (κ1) is 10.7. The number of carbonyl (C=O) groups excluding carboxylic acids is 1. The van der Waals surface area contributed by atoms with E-state index in [1.54, 1.807) is 0 Å². The summed E-state index contributed by atoms with van der Waals surface area (Å²) in [6.45, 7) is 5.68. The average molecular weight is 197 g/mol. The molecule has 0 aromatic carbocycles. The molecule has 0 atom stereocenters. The summed E-state index contributed by atoms with van der Waals surface area (Å²) in [7, 11) is 0. The van der Waals surface area contributed by atoms with Gasteiger partial charge in [0.25, 0.3) is 0 Å². The Bertz CT molecular complexity index is 325. The molecule has 1 aromatic heterocycles. The summed E-state index contributed by atoms with van der Waals surface area (Å²) in [5, 5.41) is 6.38. The highest BCUT2D eigenvalue weighted by atomic mass is 16.6. The second kappa shape index (κ2) is 3.79.